The summed E-state index contributed by atoms with van der Waals surface area (Å²) < 4.78 is 5.18. The molecule has 0 N–H and O–H groups in total. The van der Waals surface area contributed by atoms with E-state index in [-0.39, 0.29) is 5.92 Å². The smallest absolute Gasteiger partial charge is 0.129 e. The molecule has 1 aliphatic heterocycles. The Labute approximate surface area is 146 Å². The molecule has 1 saturated heterocycles. The molecule has 2 aromatic rings. The Morgan fingerprint density at radius 2 is 1.65 bits per heavy atom. The Hall–Kier alpha value is -2.11. The minimum atomic E-state index is -0.0780. The fourth-order valence-electron chi connectivity index (χ4n) is 2.56. The first-order chi connectivity index (χ1) is 11.1. The number of nitrogens with zero attached hydrogens (tertiary/aromatic N) is 2. The zero-order chi connectivity index (χ0) is 16.4. The molecule has 3 rings (SSSR count). The van der Waals surface area contributed by atoms with Crippen molar-refractivity contribution in [3.63, 3.8) is 0 Å². The lowest BCUT2D eigenvalue weighted by Crippen LogP contribution is -2.23. The van der Waals surface area contributed by atoms with Gasteiger partial charge in [-0.2, -0.15) is 0 Å². The second-order valence-electron chi connectivity index (χ2n) is 5.24. The highest BCUT2D eigenvalue weighted by Gasteiger charge is 2.37. The summed E-state index contributed by atoms with van der Waals surface area (Å²) in [5.74, 6) is 0.723. The molecule has 0 radical (unpaired) electrons. The molecule has 0 amide bonds. The molecule has 3 nitrogen and oxygen atoms in total. The van der Waals surface area contributed by atoms with Gasteiger partial charge in [-0.1, -0.05) is 54.8 Å². The van der Waals surface area contributed by atoms with Crippen molar-refractivity contribution >= 4 is 45.8 Å². The molecule has 1 heterocycles. The summed E-state index contributed by atoms with van der Waals surface area (Å²) in [6, 6.07) is 17.7. The number of methoxy groups -OCH3 is 1. The summed E-state index contributed by atoms with van der Waals surface area (Å²) in [5, 5.41) is 0. The number of rotatable bonds is 3. The maximum absolute atomic E-state index is 5.59. The van der Waals surface area contributed by atoms with Crippen molar-refractivity contribution in [2.45, 2.75) is 5.92 Å². The van der Waals surface area contributed by atoms with E-state index in [0.717, 1.165) is 27.7 Å². The van der Waals surface area contributed by atoms with E-state index in [0.29, 0.717) is 4.99 Å². The minimum Gasteiger partial charge on any atom is -0.497 e. The van der Waals surface area contributed by atoms with E-state index in [4.69, 9.17) is 34.2 Å². The van der Waals surface area contributed by atoms with Gasteiger partial charge in [0.25, 0.3) is 0 Å². The summed E-state index contributed by atoms with van der Waals surface area (Å²) in [5.41, 5.74) is 2.77. The molecule has 0 aromatic heterocycles. The van der Waals surface area contributed by atoms with Gasteiger partial charge in [0.05, 0.1) is 29.4 Å². The van der Waals surface area contributed by atoms with Crippen molar-refractivity contribution in [3.05, 3.63) is 60.2 Å². The van der Waals surface area contributed by atoms with Crippen LogP contribution in [0.4, 0.5) is 5.69 Å². The number of hydrogen-bond acceptors (Lipinski definition) is 4. The molecule has 0 bridgehead atoms. The van der Waals surface area contributed by atoms with Crippen LogP contribution in [-0.4, -0.2) is 34.7 Å². The molecule has 0 spiro atoms. The van der Waals surface area contributed by atoms with Gasteiger partial charge >= 0.3 is 0 Å². The van der Waals surface area contributed by atoms with Gasteiger partial charge in [-0.25, -0.2) is 4.99 Å². The molecule has 1 atom stereocenters. The average molecular weight is 340 g/mol. The highest BCUT2D eigenvalue weighted by Crippen LogP contribution is 2.31. The van der Waals surface area contributed by atoms with E-state index in [9.17, 15) is 0 Å². The van der Waals surface area contributed by atoms with Gasteiger partial charge in [0.1, 0.15) is 10.7 Å². The number of aliphatic imine (C=N–C) groups is 1. The predicted molar refractivity (Wildman–Crippen MR) is 102 cm³/mol. The molecule has 5 heteroatoms. The van der Waals surface area contributed by atoms with Gasteiger partial charge in [-0.3, -0.25) is 0 Å². The van der Waals surface area contributed by atoms with Crippen LogP contribution < -0.4 is 4.74 Å². The third kappa shape index (κ3) is 3.02. The fraction of sp³-hybridized carbons (Fsp3) is 0.167. The van der Waals surface area contributed by atoms with Gasteiger partial charge < -0.3 is 9.64 Å². The zero-order valence-corrected chi connectivity index (χ0v) is 14.5. The van der Waals surface area contributed by atoms with Crippen LogP contribution in [0, 0.1) is 0 Å². The summed E-state index contributed by atoms with van der Waals surface area (Å²) in [6.45, 7) is 0. The Bertz CT molecular complexity index is 769. The van der Waals surface area contributed by atoms with Crippen LogP contribution in [0.1, 0.15) is 11.5 Å². The van der Waals surface area contributed by atoms with E-state index in [1.807, 2.05) is 54.4 Å². The maximum atomic E-state index is 5.59. The number of hydrogen-bond donors (Lipinski definition) is 0. The predicted octanol–water partition coefficient (Wildman–Crippen LogP) is 4.15. The van der Waals surface area contributed by atoms with E-state index in [1.54, 1.807) is 7.11 Å². The van der Waals surface area contributed by atoms with E-state index >= 15 is 0 Å². The summed E-state index contributed by atoms with van der Waals surface area (Å²) in [4.78, 5) is 8.10. The molecule has 23 heavy (non-hydrogen) atoms. The van der Waals surface area contributed by atoms with Gasteiger partial charge in [-0.15, -0.1) is 0 Å². The topological polar surface area (TPSA) is 24.8 Å². The molecular formula is C18H16N2OS2. The van der Waals surface area contributed by atoms with Crippen LogP contribution in [0.25, 0.3) is 0 Å². The van der Waals surface area contributed by atoms with E-state index in [1.165, 1.54) is 0 Å². The Kier molecular flexibility index (Phi) is 4.50. The lowest BCUT2D eigenvalue weighted by atomic mass is 9.96. The number of likely N-dealkylation sites (tertiary alicyclic amines) is 1. The molecule has 1 unspecified atom stereocenters. The van der Waals surface area contributed by atoms with Crippen molar-refractivity contribution in [2.75, 3.05) is 14.2 Å². The molecule has 2 aromatic carbocycles. The van der Waals surface area contributed by atoms with Crippen molar-refractivity contribution in [1.29, 1.82) is 0 Å². The second kappa shape index (κ2) is 6.56. The second-order valence-corrected chi connectivity index (χ2v) is 6.05. The van der Waals surface area contributed by atoms with Crippen molar-refractivity contribution in [2.24, 2.45) is 4.99 Å². The number of thiocarbonyl (C=S) groups is 2. The third-order valence-corrected chi connectivity index (χ3v) is 4.82. The Morgan fingerprint density at radius 3 is 2.26 bits per heavy atom. The number of ether oxygens (including phenoxy) is 1. The first-order valence-electron chi connectivity index (χ1n) is 7.21. The van der Waals surface area contributed by atoms with Crippen LogP contribution >= 0.6 is 24.4 Å². The molecular weight excluding hydrogens is 324 g/mol. The highest BCUT2D eigenvalue weighted by atomic mass is 32.1. The average Bonchev–Trinajstić information content (AvgIpc) is 2.80. The van der Waals surface area contributed by atoms with Crippen LogP contribution in [0.5, 0.6) is 5.75 Å². The molecule has 0 saturated carbocycles. The van der Waals surface area contributed by atoms with Gasteiger partial charge in [0, 0.05) is 7.05 Å². The largest absolute Gasteiger partial charge is 0.497 e. The molecule has 1 fully saturated rings. The van der Waals surface area contributed by atoms with Crippen LogP contribution in [-0.2, 0) is 0 Å². The lowest BCUT2D eigenvalue weighted by Gasteiger charge is -2.12. The zero-order valence-electron chi connectivity index (χ0n) is 12.9. The van der Waals surface area contributed by atoms with E-state index < -0.39 is 0 Å². The van der Waals surface area contributed by atoms with Crippen LogP contribution in [0.3, 0.4) is 0 Å². The third-order valence-electron chi connectivity index (χ3n) is 3.83. The molecule has 1 aliphatic rings. The number of likely N-dealkylation sites (N-methyl/N-ethyl adjacent to an activating group) is 1. The SMILES string of the molecule is COc1ccc(N=C2C(=S)N(C)C(=S)C2c2ccccc2)cc1. The monoisotopic (exact) mass is 340 g/mol. The first kappa shape index (κ1) is 15.8. The van der Waals surface area contributed by atoms with Crippen molar-refractivity contribution < 1.29 is 4.74 Å². The molecule has 0 aliphatic carbocycles. The lowest BCUT2D eigenvalue weighted by molar-refractivity contribution is 0.415. The highest BCUT2D eigenvalue weighted by molar-refractivity contribution is 7.83. The summed E-state index contributed by atoms with van der Waals surface area (Å²) in [6.07, 6.45) is 0. The first-order valence-corrected chi connectivity index (χ1v) is 8.03. The van der Waals surface area contributed by atoms with Gasteiger partial charge in [0.2, 0.25) is 0 Å². The maximum Gasteiger partial charge on any atom is 0.129 e. The van der Waals surface area contributed by atoms with Crippen molar-refractivity contribution in [1.82, 2.24) is 4.90 Å². The number of benzene rings is 2. The summed E-state index contributed by atoms with van der Waals surface area (Å²) >= 11 is 11.1. The van der Waals surface area contributed by atoms with E-state index in [2.05, 4.69) is 12.1 Å². The van der Waals surface area contributed by atoms with Crippen LogP contribution in [0.2, 0.25) is 0 Å². The van der Waals surface area contributed by atoms with Gasteiger partial charge in [0.15, 0.2) is 0 Å². The molecule has 116 valence electrons. The summed E-state index contributed by atoms with van der Waals surface area (Å²) in [7, 11) is 3.54. The van der Waals surface area contributed by atoms with Crippen LogP contribution in [0.15, 0.2) is 59.6 Å². The minimum absolute atomic E-state index is 0.0780. The van der Waals surface area contributed by atoms with Crippen molar-refractivity contribution in [3.8, 4) is 5.75 Å². The Morgan fingerprint density at radius 1 is 1.00 bits per heavy atom. The standard InChI is InChI=1S/C18H16N2OS2/c1-20-17(22)15(12-6-4-3-5-7-12)16(18(20)23)19-13-8-10-14(21-2)11-9-13/h3-11,15H,1-2H3. The Balaban J connectivity index is 2.04. The quantitative estimate of drug-likeness (QED) is 0.784. The van der Waals surface area contributed by atoms with Gasteiger partial charge in [-0.05, 0) is 29.8 Å². The normalized spacial score (nSPS) is 19.5. The fourth-order valence-corrected chi connectivity index (χ4v) is 3.22.